The first-order chi connectivity index (χ1) is 14.1. The van der Waals surface area contributed by atoms with Gasteiger partial charge in [0, 0.05) is 23.1 Å². The molecule has 0 spiro atoms. The van der Waals surface area contributed by atoms with Gasteiger partial charge in [0.1, 0.15) is 5.75 Å². The van der Waals surface area contributed by atoms with Crippen LogP contribution in [0.2, 0.25) is 0 Å². The summed E-state index contributed by atoms with van der Waals surface area (Å²) in [5, 5.41) is 13.8. The molecule has 2 N–H and O–H groups in total. The number of carbonyl (C=O) groups excluding carboxylic acids is 1. The minimum absolute atomic E-state index is 0.0981. The van der Waals surface area contributed by atoms with Crippen LogP contribution < -0.4 is 5.43 Å². The molecule has 0 heterocycles. The van der Waals surface area contributed by atoms with Crippen LogP contribution in [-0.4, -0.2) is 28.7 Å². The average molecular weight is 452 g/mol. The first-order valence-corrected chi connectivity index (χ1v) is 10.00. The quantitative estimate of drug-likeness (QED) is 0.396. The van der Waals surface area contributed by atoms with Crippen LogP contribution in [0.4, 0.5) is 0 Å². The number of amides is 1. The highest BCUT2D eigenvalue weighted by Crippen LogP contribution is 2.19. The van der Waals surface area contributed by atoms with E-state index >= 15 is 0 Å². The molecule has 1 amide bonds. The normalized spacial score (nSPS) is 11.1. The molecule has 0 atom stereocenters. The van der Waals surface area contributed by atoms with Gasteiger partial charge in [-0.15, -0.1) is 0 Å². The predicted octanol–water partition coefficient (Wildman–Crippen LogP) is 4.31. The topological polar surface area (TPSA) is 64.9 Å². The summed E-state index contributed by atoms with van der Waals surface area (Å²) in [6.07, 6.45) is 1.43. The van der Waals surface area contributed by atoms with Gasteiger partial charge in [0.2, 0.25) is 0 Å². The van der Waals surface area contributed by atoms with Gasteiger partial charge < -0.3 is 5.11 Å². The molecule has 0 unspecified atom stereocenters. The van der Waals surface area contributed by atoms with E-state index in [1.54, 1.807) is 18.2 Å². The van der Waals surface area contributed by atoms with E-state index < -0.39 is 0 Å². The fourth-order valence-corrected chi connectivity index (χ4v) is 3.27. The Morgan fingerprint density at radius 3 is 2.14 bits per heavy atom. The summed E-state index contributed by atoms with van der Waals surface area (Å²) in [5.41, 5.74) is 5.34. The van der Waals surface area contributed by atoms with Crippen molar-refractivity contribution in [2.75, 3.05) is 6.54 Å². The van der Waals surface area contributed by atoms with Crippen molar-refractivity contribution >= 4 is 28.1 Å². The van der Waals surface area contributed by atoms with E-state index in [9.17, 15) is 9.90 Å². The first kappa shape index (κ1) is 20.8. The van der Waals surface area contributed by atoms with Crippen molar-refractivity contribution in [1.29, 1.82) is 0 Å². The number of halogens is 1. The number of nitrogens with one attached hydrogen (secondary N) is 1. The van der Waals surface area contributed by atoms with Gasteiger partial charge in [-0.05, 0) is 29.3 Å². The summed E-state index contributed by atoms with van der Waals surface area (Å²) in [6.45, 7) is 1.50. The fraction of sp³-hybridized carbons (Fsp3) is 0.130. The number of benzene rings is 3. The third kappa shape index (κ3) is 6.85. The zero-order valence-corrected chi connectivity index (χ0v) is 17.4. The van der Waals surface area contributed by atoms with Gasteiger partial charge in [-0.3, -0.25) is 9.69 Å². The molecule has 0 radical (unpaired) electrons. The molecule has 0 aromatic heterocycles. The van der Waals surface area contributed by atoms with Crippen LogP contribution in [-0.2, 0) is 17.9 Å². The Kier molecular flexibility index (Phi) is 7.55. The molecule has 3 aromatic carbocycles. The minimum atomic E-state index is -0.220. The zero-order valence-electron chi connectivity index (χ0n) is 15.8. The molecule has 0 bridgehead atoms. The van der Waals surface area contributed by atoms with E-state index in [0.717, 1.165) is 15.6 Å². The Morgan fingerprint density at radius 2 is 1.55 bits per heavy atom. The highest BCUT2D eigenvalue weighted by atomic mass is 79.9. The molecule has 0 aliphatic rings. The number of nitrogens with zero attached hydrogens (tertiary/aromatic N) is 2. The molecule has 6 heteroatoms. The molecule has 0 aliphatic carbocycles. The number of hydrogen-bond donors (Lipinski definition) is 2. The second kappa shape index (κ2) is 10.5. The van der Waals surface area contributed by atoms with Gasteiger partial charge in [-0.25, -0.2) is 5.43 Å². The van der Waals surface area contributed by atoms with Gasteiger partial charge in [-0.1, -0.05) is 76.6 Å². The lowest BCUT2D eigenvalue weighted by atomic mass is 10.1. The first-order valence-electron chi connectivity index (χ1n) is 9.21. The van der Waals surface area contributed by atoms with E-state index in [2.05, 4.69) is 31.4 Å². The summed E-state index contributed by atoms with van der Waals surface area (Å²) in [7, 11) is 0. The molecular weight excluding hydrogens is 430 g/mol. The van der Waals surface area contributed by atoms with Crippen LogP contribution in [0.3, 0.4) is 0 Å². The van der Waals surface area contributed by atoms with Crippen molar-refractivity contribution < 1.29 is 9.90 Å². The van der Waals surface area contributed by atoms with Gasteiger partial charge in [0.15, 0.2) is 0 Å². The van der Waals surface area contributed by atoms with Gasteiger partial charge in [0.05, 0.1) is 12.8 Å². The van der Waals surface area contributed by atoms with Crippen LogP contribution in [0.25, 0.3) is 0 Å². The average Bonchev–Trinajstić information content (AvgIpc) is 2.72. The number of rotatable bonds is 8. The smallest absolute Gasteiger partial charge is 0.254 e. The van der Waals surface area contributed by atoms with E-state index in [4.69, 9.17) is 0 Å². The van der Waals surface area contributed by atoms with E-state index in [1.165, 1.54) is 6.21 Å². The Balaban J connectivity index is 1.63. The van der Waals surface area contributed by atoms with Crippen LogP contribution in [0.1, 0.15) is 16.7 Å². The molecular formula is C23H22BrN3O2. The second-order valence-corrected chi connectivity index (χ2v) is 7.53. The minimum Gasteiger partial charge on any atom is -0.507 e. The molecule has 0 saturated heterocycles. The van der Waals surface area contributed by atoms with Gasteiger partial charge in [0.25, 0.3) is 5.91 Å². The van der Waals surface area contributed by atoms with Crippen LogP contribution >= 0.6 is 15.9 Å². The molecule has 0 aliphatic heterocycles. The number of phenolic OH excluding ortho intramolecular Hbond substituents is 1. The number of hydrazone groups is 1. The zero-order chi connectivity index (χ0) is 20.5. The third-order valence-electron chi connectivity index (χ3n) is 4.25. The SMILES string of the molecule is O=C(CN(Cc1ccccc1)Cc1ccccc1)NN=Cc1cc(Br)ccc1O. The van der Waals surface area contributed by atoms with E-state index in [1.807, 2.05) is 60.7 Å². The molecule has 3 rings (SSSR count). The molecule has 5 nitrogen and oxygen atoms in total. The van der Waals surface area contributed by atoms with Crippen molar-refractivity contribution in [1.82, 2.24) is 10.3 Å². The highest BCUT2D eigenvalue weighted by molar-refractivity contribution is 9.10. The summed E-state index contributed by atoms with van der Waals surface area (Å²) in [5.74, 6) is -0.122. The van der Waals surface area contributed by atoms with Crippen molar-refractivity contribution in [2.24, 2.45) is 5.10 Å². The monoisotopic (exact) mass is 451 g/mol. The largest absolute Gasteiger partial charge is 0.507 e. The lowest BCUT2D eigenvalue weighted by Gasteiger charge is -2.21. The number of hydrogen-bond acceptors (Lipinski definition) is 4. The van der Waals surface area contributed by atoms with Crippen LogP contribution in [0.5, 0.6) is 5.75 Å². The molecule has 148 valence electrons. The lowest BCUT2D eigenvalue weighted by Crippen LogP contribution is -2.34. The number of phenols is 1. The summed E-state index contributed by atoms with van der Waals surface area (Å²) in [6, 6.07) is 25.1. The van der Waals surface area contributed by atoms with Crippen LogP contribution in [0, 0.1) is 0 Å². The van der Waals surface area contributed by atoms with Crippen molar-refractivity contribution in [3.05, 3.63) is 100 Å². The summed E-state index contributed by atoms with van der Waals surface area (Å²) >= 11 is 3.35. The standard InChI is InChI=1S/C23H22BrN3O2/c24-21-11-12-22(28)20(13-21)14-25-26-23(29)17-27(15-18-7-3-1-4-8-18)16-19-9-5-2-6-10-19/h1-14,28H,15-17H2,(H,26,29). The van der Waals surface area contributed by atoms with E-state index in [-0.39, 0.29) is 18.2 Å². The molecule has 0 saturated carbocycles. The van der Waals surface area contributed by atoms with Crippen molar-refractivity contribution in [3.63, 3.8) is 0 Å². The maximum absolute atomic E-state index is 12.4. The maximum atomic E-state index is 12.4. The number of carbonyl (C=O) groups is 1. The Hall–Kier alpha value is -2.96. The highest BCUT2D eigenvalue weighted by Gasteiger charge is 2.12. The third-order valence-corrected chi connectivity index (χ3v) is 4.74. The molecule has 29 heavy (non-hydrogen) atoms. The van der Waals surface area contributed by atoms with E-state index in [0.29, 0.717) is 18.7 Å². The van der Waals surface area contributed by atoms with Gasteiger partial charge >= 0.3 is 0 Å². The van der Waals surface area contributed by atoms with Crippen molar-refractivity contribution in [3.8, 4) is 5.75 Å². The fourth-order valence-electron chi connectivity index (χ4n) is 2.89. The summed E-state index contributed by atoms with van der Waals surface area (Å²) in [4.78, 5) is 14.5. The Labute approximate surface area is 178 Å². The maximum Gasteiger partial charge on any atom is 0.254 e. The van der Waals surface area contributed by atoms with Gasteiger partial charge in [-0.2, -0.15) is 5.10 Å². The predicted molar refractivity (Wildman–Crippen MR) is 119 cm³/mol. The summed E-state index contributed by atoms with van der Waals surface area (Å²) < 4.78 is 0.819. The number of aromatic hydroxyl groups is 1. The molecule has 0 fully saturated rings. The Morgan fingerprint density at radius 1 is 0.966 bits per heavy atom. The second-order valence-electron chi connectivity index (χ2n) is 6.61. The van der Waals surface area contributed by atoms with Crippen molar-refractivity contribution in [2.45, 2.75) is 13.1 Å². The molecule has 3 aromatic rings. The van der Waals surface area contributed by atoms with Crippen LogP contribution in [0.15, 0.2) is 88.4 Å². The Bertz CT molecular complexity index is 921. The lowest BCUT2D eigenvalue weighted by molar-refractivity contribution is -0.122.